The van der Waals surface area contributed by atoms with Crippen LogP contribution in [0.5, 0.6) is 0 Å². The number of fused-ring (bicyclic) bond motifs is 2. The first-order valence-electron chi connectivity index (χ1n) is 15.5. The Labute approximate surface area is 295 Å². The van der Waals surface area contributed by atoms with Crippen LogP contribution in [-0.2, 0) is 0 Å². The number of hydrogen-bond donors (Lipinski definition) is 0. The van der Waals surface area contributed by atoms with Crippen LogP contribution in [0, 0.1) is 7.14 Å². The third kappa shape index (κ3) is 4.30. The lowest BCUT2D eigenvalue weighted by Gasteiger charge is -2.24. The number of hydrogen-bond acceptors (Lipinski definition) is 0. The Balaban J connectivity index is 1.61. The van der Waals surface area contributed by atoms with E-state index in [1.54, 1.807) is 0 Å². The summed E-state index contributed by atoms with van der Waals surface area (Å²) >= 11 is 5.08. The van der Waals surface area contributed by atoms with Crippen molar-refractivity contribution in [3.63, 3.8) is 0 Å². The molecule has 9 aromatic rings. The molecule has 0 N–H and O–H groups in total. The lowest BCUT2D eigenvalue weighted by atomic mass is 9.79. The molecule has 0 unspecified atom stereocenters. The Morgan fingerprint density at radius 2 is 0.609 bits per heavy atom. The fraction of sp³-hybridized carbons (Fsp3) is 0. The molecule has 9 aromatic carbocycles. The van der Waals surface area contributed by atoms with E-state index in [0.29, 0.717) is 0 Å². The number of halogens is 2. The molecule has 0 aliphatic carbocycles. The maximum Gasteiger partial charge on any atom is 0.0209 e. The van der Waals surface area contributed by atoms with Gasteiger partial charge >= 0.3 is 0 Å². The highest BCUT2D eigenvalue weighted by Gasteiger charge is 2.25. The van der Waals surface area contributed by atoms with Gasteiger partial charge in [-0.3, -0.25) is 0 Å². The highest BCUT2D eigenvalue weighted by Crippen LogP contribution is 2.53. The SMILES string of the molecule is Ic1ccc2c3c(-c4ccccc4)c(-c4ccccc4)cc4c(I)ccc(c5c(-c6ccccc6)c(-c6ccccc6)cc1c25)c43. The van der Waals surface area contributed by atoms with E-state index in [1.165, 1.54) is 94.7 Å². The van der Waals surface area contributed by atoms with E-state index in [9.17, 15) is 0 Å². The maximum atomic E-state index is 2.54. The van der Waals surface area contributed by atoms with Crippen molar-refractivity contribution < 1.29 is 0 Å². The van der Waals surface area contributed by atoms with E-state index < -0.39 is 0 Å². The fourth-order valence-electron chi connectivity index (χ4n) is 7.42. The zero-order valence-corrected chi connectivity index (χ0v) is 29.1. The highest BCUT2D eigenvalue weighted by molar-refractivity contribution is 14.1. The predicted molar refractivity (Wildman–Crippen MR) is 215 cm³/mol. The van der Waals surface area contributed by atoms with Gasteiger partial charge in [-0.05, 0) is 157 Å². The van der Waals surface area contributed by atoms with E-state index in [0.717, 1.165) is 0 Å². The molecule has 0 atom stereocenters. The molecule has 0 saturated carbocycles. The molecule has 0 radical (unpaired) electrons. The molecule has 0 heterocycles. The Morgan fingerprint density at radius 3 is 0.957 bits per heavy atom. The van der Waals surface area contributed by atoms with Crippen LogP contribution < -0.4 is 0 Å². The molecule has 0 fully saturated rings. The Morgan fingerprint density at radius 1 is 0.283 bits per heavy atom. The second kappa shape index (κ2) is 11.2. The molecule has 0 saturated heterocycles. The monoisotopic (exact) mass is 808 g/mol. The third-order valence-electron chi connectivity index (χ3n) is 9.33. The van der Waals surface area contributed by atoms with Gasteiger partial charge < -0.3 is 0 Å². The maximum absolute atomic E-state index is 2.54. The van der Waals surface area contributed by atoms with E-state index in [1.807, 2.05) is 0 Å². The van der Waals surface area contributed by atoms with Gasteiger partial charge in [-0.2, -0.15) is 0 Å². The number of rotatable bonds is 4. The molecule has 0 aliphatic rings. The van der Waals surface area contributed by atoms with Crippen molar-refractivity contribution in [1.29, 1.82) is 0 Å². The summed E-state index contributed by atoms with van der Waals surface area (Å²) in [5.74, 6) is 0. The van der Waals surface area contributed by atoms with E-state index in [4.69, 9.17) is 0 Å². The van der Waals surface area contributed by atoms with E-state index in [-0.39, 0.29) is 0 Å². The molecule has 46 heavy (non-hydrogen) atoms. The molecule has 0 spiro atoms. The van der Waals surface area contributed by atoms with E-state index >= 15 is 0 Å². The van der Waals surface area contributed by atoms with Gasteiger partial charge in [0.15, 0.2) is 0 Å². The topological polar surface area (TPSA) is 0 Å². The summed E-state index contributed by atoms with van der Waals surface area (Å²) < 4.78 is 2.53. The molecular formula is C44H26I2. The van der Waals surface area contributed by atoms with Gasteiger partial charge in [0, 0.05) is 7.14 Å². The van der Waals surface area contributed by atoms with Crippen molar-refractivity contribution in [3.8, 4) is 44.5 Å². The van der Waals surface area contributed by atoms with Gasteiger partial charge in [-0.15, -0.1) is 0 Å². The number of benzene rings is 9. The minimum Gasteiger partial charge on any atom is -0.0622 e. The molecule has 0 nitrogen and oxygen atoms in total. The first-order valence-corrected chi connectivity index (χ1v) is 17.7. The summed E-state index contributed by atoms with van der Waals surface area (Å²) in [6.07, 6.45) is 0. The summed E-state index contributed by atoms with van der Waals surface area (Å²) in [6, 6.07) is 58.0. The van der Waals surface area contributed by atoms with Crippen molar-refractivity contribution in [3.05, 3.63) is 165 Å². The summed E-state index contributed by atoms with van der Waals surface area (Å²) in [5, 5.41) is 10.5. The van der Waals surface area contributed by atoms with Crippen LogP contribution in [-0.4, -0.2) is 0 Å². The standard InChI is InChI=1S/C44H26I2/c45-37-23-22-32-41-35(37)25-33(27-13-5-1-6-14-27)39(29-17-9-3-10-18-29)43(41)31-21-24-38(46)36-26-34(28-15-7-2-8-16-28)40(44(32)42(31)36)30-19-11-4-12-20-30/h1-26H. The molecular weight excluding hydrogens is 782 g/mol. The zero-order valence-electron chi connectivity index (χ0n) is 24.8. The van der Waals surface area contributed by atoms with Crippen LogP contribution in [0.4, 0.5) is 0 Å². The minimum absolute atomic E-state index is 1.23. The fourth-order valence-corrected chi connectivity index (χ4v) is 8.63. The van der Waals surface area contributed by atoms with Gasteiger partial charge in [-0.25, -0.2) is 0 Å². The van der Waals surface area contributed by atoms with Crippen molar-refractivity contribution >= 4 is 88.3 Å². The average molecular weight is 808 g/mol. The van der Waals surface area contributed by atoms with Crippen LogP contribution in [0.2, 0.25) is 0 Å². The molecule has 2 heteroatoms. The molecule has 9 rings (SSSR count). The second-order valence-corrected chi connectivity index (χ2v) is 14.2. The highest BCUT2D eigenvalue weighted by atomic mass is 127. The van der Waals surface area contributed by atoms with Crippen LogP contribution in [0.15, 0.2) is 158 Å². The summed E-state index contributed by atoms with van der Waals surface area (Å²) in [4.78, 5) is 0. The van der Waals surface area contributed by atoms with Gasteiger partial charge in [0.1, 0.15) is 0 Å². The van der Waals surface area contributed by atoms with Crippen LogP contribution in [0.25, 0.3) is 87.6 Å². The van der Waals surface area contributed by atoms with Gasteiger partial charge in [0.25, 0.3) is 0 Å². The third-order valence-corrected chi connectivity index (χ3v) is 11.2. The van der Waals surface area contributed by atoms with Crippen LogP contribution in [0.1, 0.15) is 0 Å². The van der Waals surface area contributed by atoms with Gasteiger partial charge in [0.2, 0.25) is 0 Å². The van der Waals surface area contributed by atoms with Crippen molar-refractivity contribution in [2.75, 3.05) is 0 Å². The quantitative estimate of drug-likeness (QED) is 0.0944. The van der Waals surface area contributed by atoms with Gasteiger partial charge in [-0.1, -0.05) is 133 Å². The van der Waals surface area contributed by atoms with Crippen molar-refractivity contribution in [2.24, 2.45) is 0 Å². The first-order chi connectivity index (χ1) is 22.7. The molecule has 0 amide bonds. The van der Waals surface area contributed by atoms with Gasteiger partial charge in [0.05, 0.1) is 0 Å². The largest absolute Gasteiger partial charge is 0.0622 e. The Hall–Kier alpha value is -4.26. The molecule has 0 aromatic heterocycles. The van der Waals surface area contributed by atoms with Crippen molar-refractivity contribution in [2.45, 2.75) is 0 Å². The van der Waals surface area contributed by atoms with Crippen molar-refractivity contribution in [1.82, 2.24) is 0 Å². The summed E-state index contributed by atoms with van der Waals surface area (Å²) in [7, 11) is 0. The minimum atomic E-state index is 1.23. The second-order valence-electron chi connectivity index (χ2n) is 11.8. The molecule has 0 aliphatic heterocycles. The smallest absolute Gasteiger partial charge is 0.0209 e. The lowest BCUT2D eigenvalue weighted by molar-refractivity contribution is 1.61. The Kier molecular flexibility index (Phi) is 6.83. The molecule has 0 bridgehead atoms. The average Bonchev–Trinajstić information content (AvgIpc) is 3.12. The lowest BCUT2D eigenvalue weighted by Crippen LogP contribution is -1.98. The van der Waals surface area contributed by atoms with E-state index in [2.05, 4.69) is 203 Å². The normalized spacial score (nSPS) is 11.7. The molecule has 216 valence electrons. The zero-order chi connectivity index (χ0) is 30.8. The summed E-state index contributed by atoms with van der Waals surface area (Å²) in [5.41, 5.74) is 10.1. The van der Waals surface area contributed by atoms with Crippen LogP contribution >= 0.6 is 45.2 Å². The summed E-state index contributed by atoms with van der Waals surface area (Å²) in [6.45, 7) is 0. The Bertz CT molecular complexity index is 2370. The predicted octanol–water partition coefficient (Wildman–Crippen LogP) is 13.6. The first kappa shape index (κ1) is 28.0. The van der Waals surface area contributed by atoms with Crippen LogP contribution in [0.3, 0.4) is 0 Å².